The molecule has 0 aromatic heterocycles. The highest BCUT2D eigenvalue weighted by atomic mass is 16.5. The molecule has 3 amide bonds. The predicted molar refractivity (Wildman–Crippen MR) is 134 cm³/mol. The molecule has 1 fully saturated rings. The Hall–Kier alpha value is -4.30. The van der Waals surface area contributed by atoms with Gasteiger partial charge in [-0.25, -0.2) is 9.59 Å². The molecule has 1 aliphatic heterocycles. The molecular formula is C25H35N3O12. The summed E-state index contributed by atoms with van der Waals surface area (Å²) in [5.74, 6) is -12.0. The van der Waals surface area contributed by atoms with E-state index in [1.807, 2.05) is 0 Å². The molecule has 15 heteroatoms. The second-order valence-electron chi connectivity index (χ2n) is 9.60. The summed E-state index contributed by atoms with van der Waals surface area (Å²) in [5.41, 5.74) is 8.78. The van der Waals surface area contributed by atoms with Gasteiger partial charge in [0.15, 0.2) is 11.9 Å². The van der Waals surface area contributed by atoms with Crippen LogP contribution in [0.1, 0.15) is 65.2 Å². The van der Waals surface area contributed by atoms with Gasteiger partial charge in [-0.15, -0.1) is 0 Å². The van der Waals surface area contributed by atoms with E-state index >= 15 is 0 Å². The fourth-order valence-corrected chi connectivity index (χ4v) is 4.30. The maximum Gasteiger partial charge on any atom is 0.331 e. The number of ketones is 1. The minimum atomic E-state index is -1.95. The van der Waals surface area contributed by atoms with Crippen LogP contribution >= 0.6 is 0 Å². The van der Waals surface area contributed by atoms with Crippen LogP contribution < -0.4 is 16.8 Å². The van der Waals surface area contributed by atoms with Crippen molar-refractivity contribution in [2.24, 2.45) is 23.3 Å². The first-order chi connectivity index (χ1) is 18.6. The van der Waals surface area contributed by atoms with Gasteiger partial charge in [0.2, 0.25) is 17.7 Å². The van der Waals surface area contributed by atoms with Crippen LogP contribution in [0.4, 0.5) is 0 Å². The van der Waals surface area contributed by atoms with Gasteiger partial charge in [-0.1, -0.05) is 12.8 Å². The number of esters is 2. The van der Waals surface area contributed by atoms with Crippen molar-refractivity contribution in [3.8, 4) is 0 Å². The first kappa shape index (κ1) is 33.7. The Balaban J connectivity index is 2.83. The molecule has 7 N–H and O–H groups in total. The van der Waals surface area contributed by atoms with E-state index in [1.165, 1.54) is 0 Å². The summed E-state index contributed by atoms with van der Waals surface area (Å²) in [5, 5.41) is 19.6. The third kappa shape index (κ3) is 10.1. The van der Waals surface area contributed by atoms with Gasteiger partial charge < -0.3 is 36.5 Å². The molecule has 5 unspecified atom stereocenters. The van der Waals surface area contributed by atoms with Crippen molar-refractivity contribution in [2.75, 3.05) is 0 Å². The maximum atomic E-state index is 13.3. The number of primary amides is 2. The minimum absolute atomic E-state index is 0.0895. The van der Waals surface area contributed by atoms with E-state index in [0.29, 0.717) is 44.3 Å². The quantitative estimate of drug-likeness (QED) is 0.0596. The van der Waals surface area contributed by atoms with Gasteiger partial charge in [0.25, 0.3) is 0 Å². The van der Waals surface area contributed by atoms with Gasteiger partial charge in [0, 0.05) is 12.2 Å². The molecule has 0 bridgehead atoms. The third-order valence-electron chi connectivity index (χ3n) is 6.39. The molecule has 15 nitrogen and oxygen atoms in total. The summed E-state index contributed by atoms with van der Waals surface area (Å²) >= 11 is 0. The van der Waals surface area contributed by atoms with Crippen molar-refractivity contribution in [3.05, 3.63) is 12.2 Å². The van der Waals surface area contributed by atoms with Crippen LogP contribution in [0.3, 0.4) is 0 Å². The fraction of sp³-hybridized carbons (Fsp3) is 0.600. The number of unbranched alkanes of at least 4 members (excludes halogenated alkanes) is 3. The lowest BCUT2D eigenvalue weighted by Gasteiger charge is -2.27. The van der Waals surface area contributed by atoms with E-state index in [9.17, 15) is 38.4 Å². The first-order valence-electron chi connectivity index (χ1n) is 12.6. The van der Waals surface area contributed by atoms with Crippen LogP contribution in [-0.2, 0) is 47.8 Å². The molecular weight excluding hydrogens is 534 g/mol. The average molecular weight is 570 g/mol. The Labute approximate surface area is 229 Å². The van der Waals surface area contributed by atoms with Crippen LogP contribution in [0.15, 0.2) is 12.2 Å². The van der Waals surface area contributed by atoms with E-state index in [-0.39, 0.29) is 19.3 Å². The normalized spacial score (nSPS) is 21.7. The van der Waals surface area contributed by atoms with E-state index in [0.717, 1.165) is 6.92 Å². The number of hydrogen-bond acceptors (Lipinski definition) is 10. The van der Waals surface area contributed by atoms with E-state index in [4.69, 9.17) is 31.2 Å². The Bertz CT molecular complexity index is 1060. The molecule has 0 aromatic carbocycles. The Morgan fingerprint density at radius 3 is 2.08 bits per heavy atom. The zero-order chi connectivity index (χ0) is 30.6. The molecule has 0 aliphatic carbocycles. The van der Waals surface area contributed by atoms with E-state index < -0.39 is 77.0 Å². The van der Waals surface area contributed by atoms with E-state index in [1.54, 1.807) is 6.92 Å². The number of Topliss-reactive ketones (excluding diaryl/α,β-unsaturated/α-hetero) is 1. The molecule has 0 aromatic rings. The molecule has 1 saturated heterocycles. The summed E-state index contributed by atoms with van der Waals surface area (Å²) < 4.78 is 10.3. The van der Waals surface area contributed by atoms with Crippen molar-refractivity contribution in [1.82, 2.24) is 5.32 Å². The first-order valence-corrected chi connectivity index (χ1v) is 12.6. The van der Waals surface area contributed by atoms with Crippen LogP contribution in [0.2, 0.25) is 0 Å². The summed E-state index contributed by atoms with van der Waals surface area (Å²) in [6.07, 6.45) is 0.957. The number of carboxylic acids is 2. The monoisotopic (exact) mass is 569 g/mol. The topological polar surface area (TPSA) is 260 Å². The van der Waals surface area contributed by atoms with Crippen molar-refractivity contribution in [1.29, 1.82) is 0 Å². The smallest absolute Gasteiger partial charge is 0.331 e. The van der Waals surface area contributed by atoms with Crippen molar-refractivity contribution >= 4 is 47.4 Å². The fourth-order valence-electron chi connectivity index (χ4n) is 4.30. The van der Waals surface area contributed by atoms with Crippen molar-refractivity contribution < 1.29 is 58.0 Å². The standard InChI is InChI=1S/C25H35N3O12/c1-13(39-17(33)11-9-15(29)30)7-5-3-4-6-8-14(40-18(34)12-10-16(31)32)21(35)19-20(22(26)36)25(2,24(27)38)28-23(19)37/h10,12-14,19-20H,3-9,11H2,1-2H3,(H2,26,36)(H2,27,38)(H,28,37)(H,29,30)(H,31,32)/b12-10+. The number of carboxylic acid groups (broad SMARTS) is 2. The largest absolute Gasteiger partial charge is 0.481 e. The second kappa shape index (κ2) is 15.3. The van der Waals surface area contributed by atoms with Crippen LogP contribution in [0.5, 0.6) is 0 Å². The van der Waals surface area contributed by atoms with Crippen LogP contribution in [0, 0.1) is 11.8 Å². The minimum Gasteiger partial charge on any atom is -0.481 e. The molecule has 0 saturated carbocycles. The number of carbonyl (C=O) groups excluding carboxylic acids is 6. The maximum absolute atomic E-state index is 13.3. The number of hydrogen-bond donors (Lipinski definition) is 5. The average Bonchev–Trinajstić information content (AvgIpc) is 3.13. The van der Waals surface area contributed by atoms with Crippen molar-refractivity contribution in [3.63, 3.8) is 0 Å². The molecule has 1 aliphatic rings. The second-order valence-corrected chi connectivity index (χ2v) is 9.60. The number of nitrogens with one attached hydrogen (secondary N) is 1. The van der Waals surface area contributed by atoms with Gasteiger partial charge in [-0.2, -0.15) is 0 Å². The number of nitrogens with two attached hydrogens (primary N) is 2. The Kier molecular flexibility index (Phi) is 12.9. The van der Waals surface area contributed by atoms with Crippen molar-refractivity contribution in [2.45, 2.75) is 83.0 Å². The Morgan fingerprint density at radius 2 is 1.55 bits per heavy atom. The zero-order valence-corrected chi connectivity index (χ0v) is 22.3. The Morgan fingerprint density at radius 1 is 0.950 bits per heavy atom. The highest BCUT2D eigenvalue weighted by Gasteiger charge is 2.60. The highest BCUT2D eigenvalue weighted by Crippen LogP contribution is 2.34. The van der Waals surface area contributed by atoms with Gasteiger partial charge >= 0.3 is 23.9 Å². The summed E-state index contributed by atoms with van der Waals surface area (Å²) in [6.45, 7) is 2.82. The predicted octanol–water partition coefficient (Wildman–Crippen LogP) is -0.663. The lowest BCUT2D eigenvalue weighted by molar-refractivity contribution is -0.155. The van der Waals surface area contributed by atoms with Crippen LogP contribution in [0.25, 0.3) is 0 Å². The molecule has 1 heterocycles. The molecule has 222 valence electrons. The number of aliphatic carboxylic acids is 2. The van der Waals surface area contributed by atoms with E-state index in [2.05, 4.69) is 5.32 Å². The van der Waals surface area contributed by atoms with Gasteiger partial charge in [0.1, 0.15) is 11.5 Å². The molecule has 0 radical (unpaired) electrons. The number of amides is 3. The van der Waals surface area contributed by atoms with Crippen LogP contribution in [-0.4, -0.2) is 75.3 Å². The zero-order valence-electron chi connectivity index (χ0n) is 22.3. The molecule has 40 heavy (non-hydrogen) atoms. The summed E-state index contributed by atoms with van der Waals surface area (Å²) in [7, 11) is 0. The van der Waals surface area contributed by atoms with Gasteiger partial charge in [0.05, 0.1) is 24.9 Å². The lowest BCUT2D eigenvalue weighted by atomic mass is 9.77. The highest BCUT2D eigenvalue weighted by molar-refractivity contribution is 6.13. The third-order valence-corrected chi connectivity index (χ3v) is 6.39. The summed E-state index contributed by atoms with van der Waals surface area (Å²) in [4.78, 5) is 95.1. The van der Waals surface area contributed by atoms with Gasteiger partial charge in [-0.05, 0) is 39.5 Å². The lowest BCUT2D eigenvalue weighted by Crippen LogP contribution is -2.57. The molecule has 5 atom stereocenters. The van der Waals surface area contributed by atoms with Gasteiger partial charge in [-0.3, -0.25) is 28.8 Å². The SMILES string of the molecule is CC(CCCCCCC(OC(=O)/C=C/C(=O)O)C(=O)C1C(=O)NC(C)(C(N)=O)C1C(N)=O)OC(=O)CCC(=O)O. The number of ether oxygens (including phenoxy) is 2. The summed E-state index contributed by atoms with van der Waals surface area (Å²) in [6, 6.07) is 0. The number of rotatable bonds is 18. The molecule has 1 rings (SSSR count). The number of carbonyl (C=O) groups is 8. The molecule has 0 spiro atoms.